The molecule has 1 unspecified atom stereocenters. The van der Waals surface area contributed by atoms with Crippen molar-refractivity contribution in [3.63, 3.8) is 0 Å². The van der Waals surface area contributed by atoms with Gasteiger partial charge in [-0.15, -0.1) is 0 Å². The molecular formula is C10H14O2. The van der Waals surface area contributed by atoms with E-state index in [2.05, 4.69) is 19.1 Å². The fraction of sp³-hybridized carbons (Fsp3) is 0.500. The lowest BCUT2D eigenvalue weighted by atomic mass is 9.80. The van der Waals surface area contributed by atoms with Crippen molar-refractivity contribution in [3.05, 3.63) is 24.3 Å². The van der Waals surface area contributed by atoms with Crippen LogP contribution in [-0.4, -0.2) is 11.1 Å². The highest BCUT2D eigenvalue weighted by Crippen LogP contribution is 2.31. The van der Waals surface area contributed by atoms with E-state index in [4.69, 9.17) is 5.11 Å². The standard InChI is InChI=1S/C10H14O2/c1-10(8-5-9(11)12)6-3-2-4-7-10/h2-4,6H,5,7-8H2,1H3,(H,11,12). The molecule has 0 heterocycles. The first-order valence-electron chi connectivity index (χ1n) is 4.19. The van der Waals surface area contributed by atoms with Gasteiger partial charge < -0.3 is 5.11 Å². The molecule has 0 saturated carbocycles. The molecule has 66 valence electrons. The van der Waals surface area contributed by atoms with Crippen LogP contribution in [0.5, 0.6) is 0 Å². The second kappa shape index (κ2) is 3.57. The van der Waals surface area contributed by atoms with Crippen molar-refractivity contribution in [1.29, 1.82) is 0 Å². The van der Waals surface area contributed by atoms with Crippen molar-refractivity contribution < 1.29 is 9.90 Å². The maximum absolute atomic E-state index is 10.3. The van der Waals surface area contributed by atoms with Gasteiger partial charge in [0.05, 0.1) is 0 Å². The molecule has 0 aliphatic heterocycles. The molecule has 1 N–H and O–H groups in total. The van der Waals surface area contributed by atoms with Crippen molar-refractivity contribution in [2.75, 3.05) is 0 Å². The van der Waals surface area contributed by atoms with Gasteiger partial charge in [-0.25, -0.2) is 0 Å². The molecule has 0 aromatic carbocycles. The minimum atomic E-state index is -0.709. The van der Waals surface area contributed by atoms with Gasteiger partial charge in [0.1, 0.15) is 0 Å². The fourth-order valence-electron chi connectivity index (χ4n) is 1.35. The molecule has 0 bridgehead atoms. The summed E-state index contributed by atoms with van der Waals surface area (Å²) < 4.78 is 0. The van der Waals surface area contributed by atoms with Gasteiger partial charge in [0.25, 0.3) is 0 Å². The Labute approximate surface area is 72.6 Å². The normalized spacial score (nSPS) is 27.4. The summed E-state index contributed by atoms with van der Waals surface area (Å²) in [6.45, 7) is 2.09. The third-order valence-electron chi connectivity index (χ3n) is 2.24. The zero-order valence-corrected chi connectivity index (χ0v) is 7.29. The van der Waals surface area contributed by atoms with Crippen molar-refractivity contribution in [2.45, 2.75) is 26.2 Å². The molecule has 1 aliphatic carbocycles. The van der Waals surface area contributed by atoms with Crippen LogP contribution in [0.3, 0.4) is 0 Å². The second-order valence-corrected chi connectivity index (χ2v) is 3.54. The number of carboxylic acids is 1. The Kier molecular flexibility index (Phi) is 2.69. The zero-order valence-electron chi connectivity index (χ0n) is 7.29. The lowest BCUT2D eigenvalue weighted by Gasteiger charge is -2.25. The molecule has 0 aromatic rings. The van der Waals surface area contributed by atoms with Gasteiger partial charge in [0.2, 0.25) is 0 Å². The third-order valence-corrected chi connectivity index (χ3v) is 2.24. The summed E-state index contributed by atoms with van der Waals surface area (Å²) in [5, 5.41) is 8.52. The van der Waals surface area contributed by atoms with E-state index in [0.717, 1.165) is 12.8 Å². The van der Waals surface area contributed by atoms with Gasteiger partial charge >= 0.3 is 5.97 Å². The molecule has 0 saturated heterocycles. The summed E-state index contributed by atoms with van der Waals surface area (Å²) in [6, 6.07) is 0. The van der Waals surface area contributed by atoms with Gasteiger partial charge in [0.15, 0.2) is 0 Å². The Morgan fingerprint density at radius 2 is 2.33 bits per heavy atom. The highest BCUT2D eigenvalue weighted by atomic mass is 16.4. The Balaban J connectivity index is 2.44. The van der Waals surface area contributed by atoms with Gasteiger partial charge in [-0.2, -0.15) is 0 Å². The summed E-state index contributed by atoms with van der Waals surface area (Å²) in [7, 11) is 0. The van der Waals surface area contributed by atoms with Crippen LogP contribution in [0.15, 0.2) is 24.3 Å². The summed E-state index contributed by atoms with van der Waals surface area (Å²) in [4.78, 5) is 10.3. The van der Waals surface area contributed by atoms with Crippen molar-refractivity contribution in [3.8, 4) is 0 Å². The van der Waals surface area contributed by atoms with Crippen LogP contribution in [0, 0.1) is 5.41 Å². The molecule has 0 amide bonds. The van der Waals surface area contributed by atoms with Gasteiger partial charge in [-0.1, -0.05) is 31.2 Å². The number of rotatable bonds is 3. The molecule has 2 nitrogen and oxygen atoms in total. The highest BCUT2D eigenvalue weighted by molar-refractivity contribution is 5.66. The molecule has 1 aliphatic rings. The largest absolute Gasteiger partial charge is 0.481 e. The van der Waals surface area contributed by atoms with Crippen LogP contribution in [0.25, 0.3) is 0 Å². The topological polar surface area (TPSA) is 37.3 Å². The maximum Gasteiger partial charge on any atom is 0.303 e. The molecule has 0 spiro atoms. The number of carboxylic acid groups (broad SMARTS) is 1. The van der Waals surface area contributed by atoms with Crippen LogP contribution < -0.4 is 0 Å². The lowest BCUT2D eigenvalue weighted by molar-refractivity contribution is -0.137. The Morgan fingerprint density at radius 1 is 1.58 bits per heavy atom. The maximum atomic E-state index is 10.3. The van der Waals surface area contributed by atoms with E-state index < -0.39 is 5.97 Å². The van der Waals surface area contributed by atoms with Crippen LogP contribution in [0.1, 0.15) is 26.2 Å². The number of hydrogen-bond acceptors (Lipinski definition) is 1. The smallest absolute Gasteiger partial charge is 0.303 e. The minimum Gasteiger partial charge on any atom is -0.481 e. The SMILES string of the molecule is CC1(CCC(=O)O)C=CC=CC1. The van der Waals surface area contributed by atoms with E-state index >= 15 is 0 Å². The highest BCUT2D eigenvalue weighted by Gasteiger charge is 2.21. The number of carbonyl (C=O) groups is 1. The van der Waals surface area contributed by atoms with Crippen LogP contribution in [-0.2, 0) is 4.79 Å². The van der Waals surface area contributed by atoms with Crippen LogP contribution >= 0.6 is 0 Å². The van der Waals surface area contributed by atoms with Crippen molar-refractivity contribution in [2.24, 2.45) is 5.41 Å². The Hall–Kier alpha value is -1.05. The zero-order chi connectivity index (χ0) is 9.03. The number of aliphatic carboxylic acids is 1. The predicted molar refractivity (Wildman–Crippen MR) is 47.9 cm³/mol. The summed E-state index contributed by atoms with van der Waals surface area (Å²) in [5.74, 6) is -0.709. The molecule has 0 radical (unpaired) electrons. The molecule has 2 heteroatoms. The summed E-state index contributed by atoms with van der Waals surface area (Å²) in [6.07, 6.45) is 10.1. The first-order valence-corrected chi connectivity index (χ1v) is 4.19. The van der Waals surface area contributed by atoms with Crippen molar-refractivity contribution in [1.82, 2.24) is 0 Å². The minimum absolute atomic E-state index is 0.0626. The molecule has 12 heavy (non-hydrogen) atoms. The van der Waals surface area contributed by atoms with Gasteiger partial charge in [-0.3, -0.25) is 4.79 Å². The lowest BCUT2D eigenvalue weighted by Crippen LogP contribution is -2.15. The monoisotopic (exact) mass is 166 g/mol. The average Bonchev–Trinajstić information content (AvgIpc) is 2.03. The van der Waals surface area contributed by atoms with E-state index in [-0.39, 0.29) is 11.8 Å². The number of hydrogen-bond donors (Lipinski definition) is 1. The summed E-state index contributed by atoms with van der Waals surface area (Å²) in [5.41, 5.74) is 0.0626. The molecule has 0 aromatic heterocycles. The van der Waals surface area contributed by atoms with E-state index in [1.54, 1.807) is 0 Å². The number of allylic oxidation sites excluding steroid dienone is 4. The van der Waals surface area contributed by atoms with Gasteiger partial charge in [-0.05, 0) is 18.3 Å². The predicted octanol–water partition coefficient (Wildman–Crippen LogP) is 2.37. The average molecular weight is 166 g/mol. The summed E-state index contributed by atoms with van der Waals surface area (Å²) >= 11 is 0. The second-order valence-electron chi connectivity index (χ2n) is 3.54. The van der Waals surface area contributed by atoms with E-state index in [9.17, 15) is 4.79 Å². The molecule has 0 fully saturated rings. The third kappa shape index (κ3) is 2.53. The Morgan fingerprint density at radius 3 is 2.83 bits per heavy atom. The molecular weight excluding hydrogens is 152 g/mol. The Bertz CT molecular complexity index is 228. The van der Waals surface area contributed by atoms with E-state index in [0.29, 0.717) is 0 Å². The van der Waals surface area contributed by atoms with Crippen LogP contribution in [0.2, 0.25) is 0 Å². The first kappa shape index (κ1) is 9.04. The quantitative estimate of drug-likeness (QED) is 0.698. The molecule has 1 atom stereocenters. The van der Waals surface area contributed by atoms with Crippen LogP contribution in [0.4, 0.5) is 0 Å². The van der Waals surface area contributed by atoms with E-state index in [1.165, 1.54) is 0 Å². The first-order chi connectivity index (χ1) is 5.62. The van der Waals surface area contributed by atoms with E-state index in [1.807, 2.05) is 12.2 Å². The fourth-order valence-corrected chi connectivity index (χ4v) is 1.35. The van der Waals surface area contributed by atoms with Gasteiger partial charge in [0, 0.05) is 6.42 Å². The van der Waals surface area contributed by atoms with Crippen molar-refractivity contribution >= 4 is 5.97 Å². The molecule has 1 rings (SSSR count).